The molecule has 6 heteroatoms. The van der Waals surface area contributed by atoms with Gasteiger partial charge in [-0.3, -0.25) is 14.6 Å². The van der Waals surface area contributed by atoms with E-state index >= 15 is 0 Å². The normalized spacial score (nSPS) is 22.8. The molecule has 0 radical (unpaired) electrons. The molecule has 1 unspecified atom stereocenters. The highest BCUT2D eigenvalue weighted by Gasteiger charge is 2.51. The van der Waals surface area contributed by atoms with Gasteiger partial charge in [-0.15, -0.1) is 0 Å². The van der Waals surface area contributed by atoms with E-state index in [9.17, 15) is 9.59 Å². The summed E-state index contributed by atoms with van der Waals surface area (Å²) in [6, 6.07) is 11.8. The zero-order valence-electron chi connectivity index (χ0n) is 18.3. The molecule has 0 saturated carbocycles. The summed E-state index contributed by atoms with van der Waals surface area (Å²) in [5, 5.41) is 1.19. The Morgan fingerprint density at radius 2 is 1.97 bits per heavy atom. The predicted molar refractivity (Wildman–Crippen MR) is 122 cm³/mol. The van der Waals surface area contributed by atoms with Gasteiger partial charge in [0.05, 0.1) is 17.7 Å². The number of aromatic amines is 1. The highest BCUT2D eigenvalue weighted by molar-refractivity contribution is 6.00. The first-order chi connectivity index (χ1) is 15.6. The van der Waals surface area contributed by atoms with Crippen molar-refractivity contribution in [1.29, 1.82) is 0 Å². The molecule has 2 aliphatic heterocycles. The van der Waals surface area contributed by atoms with Gasteiger partial charge < -0.3 is 14.8 Å². The maximum absolute atomic E-state index is 13.4. The molecule has 3 aromatic rings. The Kier molecular flexibility index (Phi) is 4.56. The largest absolute Gasteiger partial charge is 0.358 e. The summed E-state index contributed by atoms with van der Waals surface area (Å²) < 4.78 is 0. The third-order valence-corrected chi connectivity index (χ3v) is 7.67. The second-order valence-corrected chi connectivity index (χ2v) is 9.60. The second kappa shape index (κ2) is 7.47. The molecule has 1 aliphatic carbocycles. The molecule has 0 bridgehead atoms. The van der Waals surface area contributed by atoms with Crippen molar-refractivity contribution < 1.29 is 9.59 Å². The van der Waals surface area contributed by atoms with E-state index in [2.05, 4.69) is 16.0 Å². The van der Waals surface area contributed by atoms with Crippen LogP contribution in [0.4, 0.5) is 0 Å². The summed E-state index contributed by atoms with van der Waals surface area (Å²) in [5.41, 5.74) is 5.06. The lowest BCUT2D eigenvalue weighted by Crippen LogP contribution is -2.38. The summed E-state index contributed by atoms with van der Waals surface area (Å²) in [4.78, 5) is 38.4. The fourth-order valence-corrected chi connectivity index (χ4v) is 5.88. The van der Waals surface area contributed by atoms with Crippen LogP contribution in [0.15, 0.2) is 42.6 Å². The Hall–Kier alpha value is -3.15. The molecular weight excluding hydrogens is 400 g/mol. The maximum atomic E-state index is 13.4. The Bertz CT molecular complexity index is 1200. The quantitative estimate of drug-likeness (QED) is 0.692. The lowest BCUT2D eigenvalue weighted by Gasteiger charge is -2.23. The van der Waals surface area contributed by atoms with Crippen LogP contribution in [0, 0.1) is 5.41 Å². The van der Waals surface area contributed by atoms with E-state index in [0.717, 1.165) is 49.0 Å². The van der Waals surface area contributed by atoms with Gasteiger partial charge in [0, 0.05) is 48.0 Å². The average Bonchev–Trinajstić information content (AvgIpc) is 3.51. The van der Waals surface area contributed by atoms with Crippen molar-refractivity contribution in [3.05, 3.63) is 65.1 Å². The number of nitrogens with one attached hydrogen (secondary N) is 1. The molecule has 1 atom stereocenters. The van der Waals surface area contributed by atoms with Crippen LogP contribution in [0.2, 0.25) is 0 Å². The van der Waals surface area contributed by atoms with Gasteiger partial charge >= 0.3 is 0 Å². The van der Waals surface area contributed by atoms with Gasteiger partial charge in [0.2, 0.25) is 5.91 Å². The molecule has 164 valence electrons. The van der Waals surface area contributed by atoms with E-state index in [1.807, 2.05) is 40.1 Å². The standard InChI is InChI=1S/C26H28N4O2/c31-24(18-8-9-23-21(15-18)20-6-1-2-7-22(20)28-23)30-14-11-26(17-30)10-13-29(25(26)32)16-19-5-3-4-12-27-19/h3-5,8-9,12,15,28H,1-2,6-7,10-11,13-14,16-17H2. The number of hydrogen-bond donors (Lipinski definition) is 1. The maximum Gasteiger partial charge on any atom is 0.253 e. The molecule has 1 spiro atoms. The minimum Gasteiger partial charge on any atom is -0.358 e. The van der Waals surface area contributed by atoms with Crippen LogP contribution in [0.5, 0.6) is 0 Å². The second-order valence-electron chi connectivity index (χ2n) is 9.60. The number of carbonyl (C=O) groups is 2. The van der Waals surface area contributed by atoms with Crippen LogP contribution in [-0.2, 0) is 24.2 Å². The van der Waals surface area contributed by atoms with Crippen molar-refractivity contribution in [3.63, 3.8) is 0 Å². The Balaban J connectivity index is 1.20. The number of fused-ring (bicyclic) bond motifs is 3. The summed E-state index contributed by atoms with van der Waals surface area (Å²) in [7, 11) is 0. The number of amides is 2. The van der Waals surface area contributed by atoms with Gasteiger partial charge in [0.15, 0.2) is 0 Å². The molecule has 3 aliphatic rings. The smallest absolute Gasteiger partial charge is 0.253 e. The number of H-pyrrole nitrogens is 1. The van der Waals surface area contributed by atoms with E-state index in [0.29, 0.717) is 19.6 Å². The third-order valence-electron chi connectivity index (χ3n) is 7.67. The third kappa shape index (κ3) is 3.12. The molecule has 2 aromatic heterocycles. The molecule has 32 heavy (non-hydrogen) atoms. The molecule has 1 aromatic carbocycles. The summed E-state index contributed by atoms with van der Waals surface area (Å²) in [6.07, 6.45) is 7.95. The summed E-state index contributed by atoms with van der Waals surface area (Å²) in [5.74, 6) is 0.221. The fourth-order valence-electron chi connectivity index (χ4n) is 5.88. The van der Waals surface area contributed by atoms with Crippen molar-refractivity contribution in [2.45, 2.75) is 45.1 Å². The summed E-state index contributed by atoms with van der Waals surface area (Å²) >= 11 is 0. The molecule has 6 nitrogen and oxygen atoms in total. The van der Waals surface area contributed by atoms with Gasteiger partial charge in [-0.05, 0) is 74.4 Å². The molecular formula is C26H28N4O2. The molecule has 4 heterocycles. The van der Waals surface area contributed by atoms with Crippen molar-refractivity contribution >= 4 is 22.7 Å². The number of pyridine rings is 1. The summed E-state index contributed by atoms with van der Waals surface area (Å²) in [6.45, 7) is 2.45. The number of likely N-dealkylation sites (tertiary alicyclic amines) is 2. The molecule has 1 N–H and O–H groups in total. The van der Waals surface area contributed by atoms with Crippen LogP contribution < -0.4 is 0 Å². The molecule has 2 saturated heterocycles. The lowest BCUT2D eigenvalue weighted by atomic mass is 9.85. The minimum absolute atomic E-state index is 0.0468. The fraction of sp³-hybridized carbons (Fsp3) is 0.423. The van der Waals surface area contributed by atoms with E-state index in [1.54, 1.807) is 6.20 Å². The van der Waals surface area contributed by atoms with E-state index in [1.165, 1.54) is 29.5 Å². The molecule has 2 fully saturated rings. The van der Waals surface area contributed by atoms with Crippen LogP contribution in [0.1, 0.15) is 53.0 Å². The number of aromatic nitrogens is 2. The lowest BCUT2D eigenvalue weighted by molar-refractivity contribution is -0.135. The highest BCUT2D eigenvalue weighted by atomic mass is 16.2. The average molecular weight is 429 g/mol. The number of carbonyl (C=O) groups excluding carboxylic acids is 2. The zero-order valence-corrected chi connectivity index (χ0v) is 18.3. The van der Waals surface area contributed by atoms with Crippen LogP contribution >= 0.6 is 0 Å². The van der Waals surface area contributed by atoms with Gasteiger partial charge in [-0.1, -0.05) is 6.07 Å². The Morgan fingerprint density at radius 3 is 2.84 bits per heavy atom. The predicted octanol–water partition coefficient (Wildman–Crippen LogP) is 3.71. The SMILES string of the molecule is O=C(c1ccc2[nH]c3c(c2c1)CCCC3)N1CCC2(CCN(Cc3ccccn3)C2=O)C1. The van der Waals surface area contributed by atoms with Gasteiger partial charge in [0.1, 0.15) is 0 Å². The van der Waals surface area contributed by atoms with Crippen molar-refractivity contribution in [2.75, 3.05) is 19.6 Å². The number of nitrogens with zero attached hydrogens (tertiary/aromatic N) is 3. The number of rotatable bonds is 3. The monoisotopic (exact) mass is 428 g/mol. The van der Waals surface area contributed by atoms with E-state index < -0.39 is 5.41 Å². The van der Waals surface area contributed by atoms with Crippen molar-refractivity contribution in [3.8, 4) is 0 Å². The van der Waals surface area contributed by atoms with E-state index in [4.69, 9.17) is 0 Å². The topological polar surface area (TPSA) is 69.3 Å². The van der Waals surface area contributed by atoms with E-state index in [-0.39, 0.29) is 11.8 Å². The zero-order chi connectivity index (χ0) is 21.7. The first kappa shape index (κ1) is 19.5. The van der Waals surface area contributed by atoms with Crippen LogP contribution in [-0.4, -0.2) is 51.2 Å². The first-order valence-electron chi connectivity index (χ1n) is 11.8. The minimum atomic E-state index is -0.429. The van der Waals surface area contributed by atoms with Crippen molar-refractivity contribution in [2.24, 2.45) is 5.41 Å². The first-order valence-corrected chi connectivity index (χ1v) is 11.8. The molecule has 2 amide bonds. The molecule has 6 rings (SSSR count). The number of aryl methyl sites for hydroxylation is 2. The highest BCUT2D eigenvalue weighted by Crippen LogP contribution is 2.41. The number of hydrogen-bond acceptors (Lipinski definition) is 3. The van der Waals surface area contributed by atoms with Crippen LogP contribution in [0.3, 0.4) is 0 Å². The van der Waals surface area contributed by atoms with Crippen molar-refractivity contribution in [1.82, 2.24) is 19.8 Å². The number of benzene rings is 1. The Morgan fingerprint density at radius 1 is 1.09 bits per heavy atom. The van der Waals surface area contributed by atoms with Gasteiger partial charge in [-0.2, -0.15) is 0 Å². The van der Waals surface area contributed by atoms with Gasteiger partial charge in [-0.25, -0.2) is 0 Å². The van der Waals surface area contributed by atoms with Crippen LogP contribution in [0.25, 0.3) is 10.9 Å². The van der Waals surface area contributed by atoms with Gasteiger partial charge in [0.25, 0.3) is 5.91 Å². The Labute approximate surface area is 187 Å².